The van der Waals surface area contributed by atoms with Gasteiger partial charge in [-0.25, -0.2) is 4.79 Å². The Kier molecular flexibility index (Phi) is 4.83. The zero-order valence-corrected chi connectivity index (χ0v) is 12.0. The number of hydrogen-bond donors (Lipinski definition) is 2. The van der Waals surface area contributed by atoms with Crippen LogP contribution in [0.5, 0.6) is 5.75 Å². The van der Waals surface area contributed by atoms with Gasteiger partial charge in [-0.1, -0.05) is 11.4 Å². The zero-order valence-electron chi connectivity index (χ0n) is 11.2. The molecule has 0 aliphatic rings. The number of ether oxygens (including phenoxy) is 1. The molecule has 2 N–H and O–H groups in total. The molecule has 0 fully saturated rings. The maximum absolute atomic E-state index is 12.1. The third-order valence-corrected chi connectivity index (χ3v) is 3.34. The van der Waals surface area contributed by atoms with Gasteiger partial charge in [0.1, 0.15) is 10.6 Å². The first kappa shape index (κ1) is 14.9. The van der Waals surface area contributed by atoms with Gasteiger partial charge in [-0.15, -0.1) is 5.10 Å². The molecule has 21 heavy (non-hydrogen) atoms. The highest BCUT2D eigenvalue weighted by Gasteiger charge is 2.15. The third kappa shape index (κ3) is 3.99. The van der Waals surface area contributed by atoms with Crippen LogP contribution in [0.2, 0.25) is 0 Å². The predicted octanol–water partition coefficient (Wildman–Crippen LogP) is 1.82. The molecular weight excluding hydrogens is 294 g/mol. The summed E-state index contributed by atoms with van der Waals surface area (Å²) in [5, 5.41) is 15.1. The molecule has 0 aliphatic heterocycles. The van der Waals surface area contributed by atoms with Gasteiger partial charge >= 0.3 is 5.97 Å². The van der Waals surface area contributed by atoms with Crippen LogP contribution in [0.1, 0.15) is 22.3 Å². The maximum Gasteiger partial charge on any atom is 0.341 e. The summed E-state index contributed by atoms with van der Waals surface area (Å²) in [7, 11) is 0. The van der Waals surface area contributed by atoms with Gasteiger partial charge in [0.2, 0.25) is 0 Å². The molecule has 0 radical (unpaired) electrons. The number of aryl methyl sites for hydroxylation is 1. The predicted molar refractivity (Wildman–Crippen MR) is 76.8 cm³/mol. The number of carbonyl (C=O) groups is 2. The Morgan fingerprint density at radius 1 is 1.33 bits per heavy atom. The van der Waals surface area contributed by atoms with Crippen molar-refractivity contribution in [1.29, 1.82) is 0 Å². The molecule has 0 saturated carbocycles. The summed E-state index contributed by atoms with van der Waals surface area (Å²) in [6.07, 6.45) is 0.640. The standard InChI is InChI=1S/C13H13N3O4S/c1-2-10-12(21-16-15-10)13(19)14-8-3-5-9(6-4-8)20-7-11(17)18/h3-6H,2,7H2,1H3,(H,14,19)(H,17,18). The average Bonchev–Trinajstić information content (AvgIpc) is 2.95. The largest absolute Gasteiger partial charge is 0.482 e. The van der Waals surface area contributed by atoms with Crippen LogP contribution in [0, 0.1) is 0 Å². The van der Waals surface area contributed by atoms with E-state index in [0.717, 1.165) is 11.5 Å². The number of aromatic nitrogens is 2. The molecule has 1 aromatic carbocycles. The number of anilines is 1. The number of carboxylic acids is 1. The Bertz CT molecular complexity index is 639. The second kappa shape index (κ2) is 6.80. The first-order chi connectivity index (χ1) is 10.1. The molecule has 0 unspecified atom stereocenters. The first-order valence-corrected chi connectivity index (χ1v) is 6.94. The van der Waals surface area contributed by atoms with Crippen LogP contribution in [0.3, 0.4) is 0 Å². The summed E-state index contributed by atoms with van der Waals surface area (Å²) in [6.45, 7) is 1.50. The van der Waals surface area contributed by atoms with Crippen LogP contribution in [0.25, 0.3) is 0 Å². The van der Waals surface area contributed by atoms with E-state index in [0.29, 0.717) is 28.4 Å². The molecule has 2 rings (SSSR count). The summed E-state index contributed by atoms with van der Waals surface area (Å²) in [5.41, 5.74) is 1.25. The average molecular weight is 307 g/mol. The highest BCUT2D eigenvalue weighted by Crippen LogP contribution is 2.18. The highest BCUT2D eigenvalue weighted by molar-refractivity contribution is 7.08. The molecule has 2 aromatic rings. The number of amides is 1. The van der Waals surface area contributed by atoms with E-state index in [1.54, 1.807) is 24.3 Å². The normalized spacial score (nSPS) is 10.1. The number of nitrogens with one attached hydrogen (secondary N) is 1. The van der Waals surface area contributed by atoms with Gasteiger partial charge in [0.25, 0.3) is 5.91 Å². The summed E-state index contributed by atoms with van der Waals surface area (Å²) in [4.78, 5) is 22.9. The van der Waals surface area contributed by atoms with E-state index in [9.17, 15) is 9.59 Å². The summed E-state index contributed by atoms with van der Waals surface area (Å²) >= 11 is 1.05. The van der Waals surface area contributed by atoms with E-state index < -0.39 is 12.6 Å². The van der Waals surface area contributed by atoms with E-state index >= 15 is 0 Å². The Balaban J connectivity index is 2.00. The van der Waals surface area contributed by atoms with Crippen molar-refractivity contribution in [3.05, 3.63) is 34.8 Å². The molecule has 0 spiro atoms. The SMILES string of the molecule is CCc1nnsc1C(=O)Nc1ccc(OCC(=O)O)cc1. The van der Waals surface area contributed by atoms with Gasteiger partial charge in [-0.3, -0.25) is 4.79 Å². The van der Waals surface area contributed by atoms with Gasteiger partial charge in [-0.05, 0) is 42.2 Å². The van der Waals surface area contributed by atoms with Gasteiger partial charge in [0.15, 0.2) is 6.61 Å². The van der Waals surface area contributed by atoms with Crippen LogP contribution in [0.15, 0.2) is 24.3 Å². The summed E-state index contributed by atoms with van der Waals surface area (Å²) < 4.78 is 8.77. The third-order valence-electron chi connectivity index (χ3n) is 2.57. The van der Waals surface area contributed by atoms with Crippen LogP contribution in [-0.2, 0) is 11.2 Å². The number of nitrogens with zero attached hydrogens (tertiary/aromatic N) is 2. The van der Waals surface area contributed by atoms with Crippen LogP contribution in [0.4, 0.5) is 5.69 Å². The Hall–Kier alpha value is -2.48. The van der Waals surface area contributed by atoms with Gasteiger partial charge in [-0.2, -0.15) is 0 Å². The number of benzene rings is 1. The van der Waals surface area contributed by atoms with Gasteiger partial charge < -0.3 is 15.2 Å². The van der Waals surface area contributed by atoms with Crippen molar-refractivity contribution >= 4 is 29.1 Å². The second-order valence-corrected chi connectivity index (χ2v) is 4.82. The fourth-order valence-corrected chi connectivity index (χ4v) is 2.23. The number of aliphatic carboxylic acids is 1. The maximum atomic E-state index is 12.1. The molecule has 8 heteroatoms. The molecule has 0 atom stereocenters. The number of rotatable bonds is 6. The topological polar surface area (TPSA) is 101 Å². The van der Waals surface area contributed by atoms with Crippen LogP contribution >= 0.6 is 11.5 Å². The minimum absolute atomic E-state index is 0.263. The molecule has 0 saturated heterocycles. The molecule has 0 bridgehead atoms. The minimum atomic E-state index is -1.04. The van der Waals surface area contributed by atoms with Gasteiger partial charge in [0, 0.05) is 5.69 Å². The fourth-order valence-electron chi connectivity index (χ4n) is 1.58. The van der Waals surface area contributed by atoms with Crippen molar-refractivity contribution in [1.82, 2.24) is 9.59 Å². The van der Waals surface area contributed by atoms with E-state index in [4.69, 9.17) is 9.84 Å². The molecule has 110 valence electrons. The van der Waals surface area contributed by atoms with Crippen molar-refractivity contribution in [3.8, 4) is 5.75 Å². The number of hydrogen-bond acceptors (Lipinski definition) is 6. The smallest absolute Gasteiger partial charge is 0.341 e. The van der Waals surface area contributed by atoms with E-state index in [1.807, 2.05) is 6.92 Å². The fraction of sp³-hybridized carbons (Fsp3) is 0.231. The highest BCUT2D eigenvalue weighted by atomic mass is 32.1. The lowest BCUT2D eigenvalue weighted by Gasteiger charge is -2.06. The van der Waals surface area contributed by atoms with E-state index in [2.05, 4.69) is 14.9 Å². The summed E-state index contributed by atoms with van der Waals surface area (Å²) in [6, 6.07) is 6.44. The molecule has 0 aliphatic carbocycles. The van der Waals surface area contributed by atoms with Crippen molar-refractivity contribution in [3.63, 3.8) is 0 Å². The molecule has 1 heterocycles. The van der Waals surface area contributed by atoms with Crippen molar-refractivity contribution < 1.29 is 19.4 Å². The molecular formula is C13H13N3O4S. The Morgan fingerprint density at radius 3 is 2.67 bits per heavy atom. The lowest BCUT2D eigenvalue weighted by atomic mass is 10.2. The van der Waals surface area contributed by atoms with Crippen molar-refractivity contribution in [2.75, 3.05) is 11.9 Å². The summed E-state index contributed by atoms with van der Waals surface area (Å²) in [5.74, 6) is -0.887. The lowest BCUT2D eigenvalue weighted by Crippen LogP contribution is -2.12. The van der Waals surface area contributed by atoms with E-state index in [-0.39, 0.29) is 5.91 Å². The molecule has 7 nitrogen and oxygen atoms in total. The lowest BCUT2D eigenvalue weighted by molar-refractivity contribution is -0.139. The quantitative estimate of drug-likeness (QED) is 0.844. The van der Waals surface area contributed by atoms with Crippen molar-refractivity contribution in [2.45, 2.75) is 13.3 Å². The Labute approximate surface area is 124 Å². The zero-order chi connectivity index (χ0) is 15.2. The minimum Gasteiger partial charge on any atom is -0.482 e. The monoisotopic (exact) mass is 307 g/mol. The molecule has 1 aromatic heterocycles. The van der Waals surface area contributed by atoms with E-state index in [1.165, 1.54) is 0 Å². The van der Waals surface area contributed by atoms with Crippen LogP contribution in [-0.4, -0.2) is 33.2 Å². The molecule has 1 amide bonds. The number of carboxylic acid groups (broad SMARTS) is 1. The van der Waals surface area contributed by atoms with Crippen LogP contribution < -0.4 is 10.1 Å². The number of carbonyl (C=O) groups excluding carboxylic acids is 1. The second-order valence-electron chi connectivity index (χ2n) is 4.06. The Morgan fingerprint density at radius 2 is 2.05 bits per heavy atom. The van der Waals surface area contributed by atoms with Gasteiger partial charge in [0.05, 0.1) is 5.69 Å². The first-order valence-electron chi connectivity index (χ1n) is 6.17. The van der Waals surface area contributed by atoms with Crippen molar-refractivity contribution in [2.24, 2.45) is 0 Å².